The molecule has 2 aliphatic heterocycles. The molecule has 0 saturated carbocycles. The highest BCUT2D eigenvalue weighted by atomic mass is 16.7. The molecule has 160 valence electrons. The molecule has 0 radical (unpaired) electrons. The van der Waals surface area contributed by atoms with E-state index in [1.54, 1.807) is 32.9 Å². The number of fused-ring (bicyclic) bond motifs is 2. The standard InChI is InChI=1S/C23H22N2O6/c1-23(2,3)30-22(29)24-13-15-9-5-4-8-14(15)12-18(24)21(28)31-25-19(26)16-10-6-7-11-17(16)20(25)27/h4-11,18H,12-13H2,1-3H3/t18-/m1/s1. The third kappa shape index (κ3) is 3.88. The maximum Gasteiger partial charge on any atom is 0.411 e. The largest absolute Gasteiger partial charge is 0.444 e. The molecule has 8 heteroatoms. The van der Waals surface area contributed by atoms with Gasteiger partial charge in [0.05, 0.1) is 17.7 Å². The van der Waals surface area contributed by atoms with Gasteiger partial charge in [-0.25, -0.2) is 9.59 Å². The number of amides is 3. The van der Waals surface area contributed by atoms with Crippen molar-refractivity contribution in [3.63, 3.8) is 0 Å². The minimum atomic E-state index is -1.05. The highest BCUT2D eigenvalue weighted by Crippen LogP contribution is 2.28. The third-order valence-corrected chi connectivity index (χ3v) is 5.09. The zero-order valence-corrected chi connectivity index (χ0v) is 17.5. The van der Waals surface area contributed by atoms with Gasteiger partial charge in [0.1, 0.15) is 11.6 Å². The lowest BCUT2D eigenvalue weighted by atomic mass is 9.94. The van der Waals surface area contributed by atoms with Crippen LogP contribution >= 0.6 is 0 Å². The van der Waals surface area contributed by atoms with Crippen molar-refractivity contribution in [3.05, 3.63) is 70.8 Å². The van der Waals surface area contributed by atoms with Crippen LogP contribution < -0.4 is 0 Å². The van der Waals surface area contributed by atoms with E-state index in [0.717, 1.165) is 11.1 Å². The average Bonchev–Trinajstić information content (AvgIpc) is 2.96. The zero-order chi connectivity index (χ0) is 22.3. The molecule has 3 amide bonds. The number of hydroxylamine groups is 2. The van der Waals surface area contributed by atoms with Gasteiger partial charge in [0.2, 0.25) is 0 Å². The lowest BCUT2D eigenvalue weighted by Crippen LogP contribution is -2.52. The van der Waals surface area contributed by atoms with Gasteiger partial charge in [-0.1, -0.05) is 41.5 Å². The van der Waals surface area contributed by atoms with Crippen molar-refractivity contribution in [2.45, 2.75) is 45.4 Å². The highest BCUT2D eigenvalue weighted by Gasteiger charge is 2.43. The van der Waals surface area contributed by atoms with Crippen molar-refractivity contribution < 1.29 is 28.8 Å². The predicted molar refractivity (Wildman–Crippen MR) is 109 cm³/mol. The van der Waals surface area contributed by atoms with Crippen LogP contribution in [0.2, 0.25) is 0 Å². The molecule has 2 heterocycles. The summed E-state index contributed by atoms with van der Waals surface area (Å²) in [6, 6.07) is 12.6. The SMILES string of the molecule is CC(C)(C)OC(=O)N1Cc2ccccc2C[C@@H]1C(=O)ON1C(=O)c2ccccc2C1=O. The van der Waals surface area contributed by atoms with Gasteiger partial charge in [-0.05, 0) is 44.0 Å². The van der Waals surface area contributed by atoms with E-state index in [1.807, 2.05) is 24.3 Å². The smallest absolute Gasteiger partial charge is 0.411 e. The van der Waals surface area contributed by atoms with Crippen molar-refractivity contribution in [2.24, 2.45) is 0 Å². The second kappa shape index (κ2) is 7.54. The fourth-order valence-electron chi connectivity index (χ4n) is 3.65. The molecule has 1 atom stereocenters. The predicted octanol–water partition coefficient (Wildman–Crippen LogP) is 3.10. The molecular weight excluding hydrogens is 400 g/mol. The second-order valence-corrected chi connectivity index (χ2v) is 8.46. The van der Waals surface area contributed by atoms with E-state index in [4.69, 9.17) is 9.57 Å². The van der Waals surface area contributed by atoms with Crippen LogP contribution in [-0.2, 0) is 27.3 Å². The van der Waals surface area contributed by atoms with Gasteiger partial charge in [0.15, 0.2) is 0 Å². The Bertz CT molecular complexity index is 1050. The van der Waals surface area contributed by atoms with E-state index in [-0.39, 0.29) is 24.1 Å². The number of hydrogen-bond acceptors (Lipinski definition) is 6. The van der Waals surface area contributed by atoms with Crippen LogP contribution in [0.3, 0.4) is 0 Å². The van der Waals surface area contributed by atoms with Gasteiger partial charge in [0.25, 0.3) is 11.8 Å². The van der Waals surface area contributed by atoms with E-state index in [0.29, 0.717) is 5.06 Å². The maximum atomic E-state index is 13.1. The summed E-state index contributed by atoms with van der Waals surface area (Å²) in [7, 11) is 0. The molecule has 2 aromatic rings. The average molecular weight is 422 g/mol. The number of carbonyl (C=O) groups excluding carboxylic acids is 4. The van der Waals surface area contributed by atoms with Crippen molar-refractivity contribution in [2.75, 3.05) is 0 Å². The van der Waals surface area contributed by atoms with Gasteiger partial charge in [-0.15, -0.1) is 0 Å². The molecule has 31 heavy (non-hydrogen) atoms. The van der Waals surface area contributed by atoms with Crippen LogP contribution in [0.4, 0.5) is 4.79 Å². The van der Waals surface area contributed by atoms with Crippen LogP contribution in [0.1, 0.15) is 52.6 Å². The Kier molecular flexibility index (Phi) is 5.00. The first-order valence-electron chi connectivity index (χ1n) is 9.92. The molecule has 0 saturated heterocycles. The van der Waals surface area contributed by atoms with Crippen LogP contribution in [-0.4, -0.2) is 45.5 Å². The van der Waals surface area contributed by atoms with Crippen LogP contribution in [0.15, 0.2) is 48.5 Å². The molecule has 2 aliphatic rings. The summed E-state index contributed by atoms with van der Waals surface area (Å²) in [6.45, 7) is 5.34. The van der Waals surface area contributed by atoms with Crippen LogP contribution in [0.25, 0.3) is 0 Å². The third-order valence-electron chi connectivity index (χ3n) is 5.09. The Balaban J connectivity index is 1.59. The van der Waals surface area contributed by atoms with Gasteiger partial charge in [-0.3, -0.25) is 14.5 Å². The minimum Gasteiger partial charge on any atom is -0.444 e. The molecule has 8 nitrogen and oxygen atoms in total. The number of hydrogen-bond donors (Lipinski definition) is 0. The van der Waals surface area contributed by atoms with Crippen molar-refractivity contribution >= 4 is 23.9 Å². The summed E-state index contributed by atoms with van der Waals surface area (Å²) >= 11 is 0. The van der Waals surface area contributed by atoms with Crippen LogP contribution in [0, 0.1) is 0 Å². The first-order chi connectivity index (χ1) is 14.7. The Labute approximate surface area is 179 Å². The molecule has 0 fully saturated rings. The zero-order valence-electron chi connectivity index (χ0n) is 17.5. The lowest BCUT2D eigenvalue weighted by molar-refractivity contribution is -0.175. The summed E-state index contributed by atoms with van der Waals surface area (Å²) < 4.78 is 5.47. The molecule has 0 aromatic heterocycles. The number of nitrogens with zero attached hydrogens (tertiary/aromatic N) is 2. The van der Waals surface area contributed by atoms with Crippen LogP contribution in [0.5, 0.6) is 0 Å². The molecule has 0 unspecified atom stereocenters. The van der Waals surface area contributed by atoms with E-state index >= 15 is 0 Å². The van der Waals surface area contributed by atoms with Gasteiger partial charge < -0.3 is 9.57 Å². The first kappa shape index (κ1) is 20.6. The molecule has 0 N–H and O–H groups in total. The van der Waals surface area contributed by atoms with E-state index < -0.39 is 35.5 Å². The quantitative estimate of drug-likeness (QED) is 0.691. The molecule has 2 aromatic carbocycles. The Morgan fingerprint density at radius 1 is 0.903 bits per heavy atom. The topological polar surface area (TPSA) is 93.2 Å². The van der Waals surface area contributed by atoms with Crippen molar-refractivity contribution in [1.82, 2.24) is 9.96 Å². The molecular formula is C23H22N2O6. The molecule has 0 bridgehead atoms. The molecule has 0 spiro atoms. The second-order valence-electron chi connectivity index (χ2n) is 8.46. The molecule has 0 aliphatic carbocycles. The van der Waals surface area contributed by atoms with E-state index in [2.05, 4.69) is 0 Å². The van der Waals surface area contributed by atoms with E-state index in [9.17, 15) is 19.2 Å². The summed E-state index contributed by atoms with van der Waals surface area (Å²) in [5, 5.41) is 0.459. The highest BCUT2D eigenvalue weighted by molar-refractivity contribution is 6.20. The Morgan fingerprint density at radius 3 is 2.03 bits per heavy atom. The lowest BCUT2D eigenvalue weighted by Gasteiger charge is -2.36. The maximum absolute atomic E-state index is 13.1. The summed E-state index contributed by atoms with van der Waals surface area (Å²) in [5.41, 5.74) is 1.34. The van der Waals surface area contributed by atoms with Gasteiger partial charge in [0, 0.05) is 6.42 Å². The number of imide groups is 1. The number of carbonyl (C=O) groups is 4. The van der Waals surface area contributed by atoms with Gasteiger partial charge in [-0.2, -0.15) is 0 Å². The van der Waals surface area contributed by atoms with Gasteiger partial charge >= 0.3 is 12.1 Å². The van der Waals surface area contributed by atoms with E-state index in [1.165, 1.54) is 17.0 Å². The molecule has 4 rings (SSSR count). The fraction of sp³-hybridized carbons (Fsp3) is 0.304. The van der Waals surface area contributed by atoms with Crippen molar-refractivity contribution in [1.29, 1.82) is 0 Å². The monoisotopic (exact) mass is 422 g/mol. The summed E-state index contributed by atoms with van der Waals surface area (Å²) in [6.07, 6.45) is -0.497. The Morgan fingerprint density at radius 2 is 1.45 bits per heavy atom. The number of ether oxygens (including phenoxy) is 1. The fourth-order valence-corrected chi connectivity index (χ4v) is 3.65. The Hall–Kier alpha value is -3.68. The summed E-state index contributed by atoms with van der Waals surface area (Å²) in [5.74, 6) is -2.31. The first-order valence-corrected chi connectivity index (χ1v) is 9.92. The van der Waals surface area contributed by atoms with Crippen molar-refractivity contribution in [3.8, 4) is 0 Å². The number of benzene rings is 2. The minimum absolute atomic E-state index is 0.146. The summed E-state index contributed by atoms with van der Waals surface area (Å²) in [4.78, 5) is 57.5. The normalized spacial score (nSPS) is 17.8. The number of rotatable bonds is 2.